The SMILES string of the molecule is C[Si]1(C)C=C[Si]1(C)C. The van der Waals surface area contributed by atoms with Crippen LogP contribution < -0.4 is 0 Å². The molecule has 0 saturated carbocycles. The van der Waals surface area contributed by atoms with Crippen LogP contribution in [0.5, 0.6) is 0 Å². The minimum atomic E-state index is -0.720. The van der Waals surface area contributed by atoms with Crippen LogP contribution in [0.25, 0.3) is 0 Å². The Bertz CT molecular complexity index is 117. The van der Waals surface area contributed by atoms with Gasteiger partial charge in [-0.1, -0.05) is 26.2 Å². The van der Waals surface area contributed by atoms with Crippen LogP contribution in [0.4, 0.5) is 0 Å². The predicted molar refractivity (Wildman–Crippen MR) is 44.1 cm³/mol. The third-order valence-corrected chi connectivity index (χ3v) is 19.2. The summed E-state index contributed by atoms with van der Waals surface area (Å²) in [6.07, 6.45) is 0. The van der Waals surface area contributed by atoms with Gasteiger partial charge in [0.1, 0.15) is 0 Å². The molecule has 0 aromatic rings. The first-order valence-electron chi connectivity index (χ1n) is 3.16. The summed E-state index contributed by atoms with van der Waals surface area (Å²) in [6, 6.07) is 0. The second kappa shape index (κ2) is 1.36. The molecule has 0 aliphatic carbocycles. The quantitative estimate of drug-likeness (QED) is 0.455. The Labute approximate surface area is 53.4 Å². The van der Waals surface area contributed by atoms with Crippen molar-refractivity contribution in [2.75, 3.05) is 0 Å². The van der Waals surface area contributed by atoms with Gasteiger partial charge in [-0.25, -0.2) is 0 Å². The molecule has 0 amide bonds. The van der Waals surface area contributed by atoms with Gasteiger partial charge in [-0.2, -0.15) is 0 Å². The van der Waals surface area contributed by atoms with Gasteiger partial charge in [-0.15, -0.1) is 11.4 Å². The zero-order valence-corrected chi connectivity index (χ0v) is 8.15. The average molecular weight is 142 g/mol. The molecule has 8 heavy (non-hydrogen) atoms. The molecule has 0 N–H and O–H groups in total. The van der Waals surface area contributed by atoms with Gasteiger partial charge in [-0.05, 0) is 0 Å². The van der Waals surface area contributed by atoms with E-state index in [1.54, 1.807) is 0 Å². The highest BCUT2D eigenvalue weighted by molar-refractivity contribution is 7.48. The van der Waals surface area contributed by atoms with Gasteiger partial charge in [0.2, 0.25) is 0 Å². The van der Waals surface area contributed by atoms with Crippen molar-refractivity contribution in [3.05, 3.63) is 11.4 Å². The fraction of sp³-hybridized carbons (Fsp3) is 0.667. The summed E-state index contributed by atoms with van der Waals surface area (Å²) in [5.41, 5.74) is 4.94. The first kappa shape index (κ1) is 6.30. The smallest absolute Gasteiger partial charge is 0.0683 e. The molecule has 1 heterocycles. The molecule has 1 rings (SSSR count). The molecule has 1 aliphatic heterocycles. The predicted octanol–water partition coefficient (Wildman–Crippen LogP) is 2.13. The van der Waals surface area contributed by atoms with Crippen molar-refractivity contribution >= 4 is 15.2 Å². The molecule has 0 spiro atoms. The van der Waals surface area contributed by atoms with Crippen LogP contribution in [0.3, 0.4) is 0 Å². The fourth-order valence-electron chi connectivity index (χ4n) is 0.750. The minimum absolute atomic E-state index is 0.720. The highest BCUT2D eigenvalue weighted by Crippen LogP contribution is 2.29. The maximum atomic E-state index is 2.47. The second-order valence-electron chi connectivity index (χ2n) is 3.78. The van der Waals surface area contributed by atoms with Gasteiger partial charge in [0, 0.05) is 0 Å². The molecular weight excluding hydrogens is 128 g/mol. The lowest BCUT2D eigenvalue weighted by molar-refractivity contribution is 1.74. The highest BCUT2D eigenvalue weighted by Gasteiger charge is 2.42. The van der Waals surface area contributed by atoms with Crippen LogP contribution in [-0.2, 0) is 0 Å². The molecule has 0 unspecified atom stereocenters. The van der Waals surface area contributed by atoms with Gasteiger partial charge in [0.05, 0.1) is 15.2 Å². The average Bonchev–Trinajstić information content (AvgIpc) is 1.64. The van der Waals surface area contributed by atoms with Gasteiger partial charge in [0.15, 0.2) is 0 Å². The summed E-state index contributed by atoms with van der Waals surface area (Å²) < 4.78 is 0. The van der Waals surface area contributed by atoms with E-state index in [0.717, 1.165) is 0 Å². The van der Waals surface area contributed by atoms with E-state index in [1.807, 2.05) is 0 Å². The van der Waals surface area contributed by atoms with Crippen molar-refractivity contribution in [2.24, 2.45) is 0 Å². The largest absolute Gasteiger partial charge is 0.104 e. The molecule has 0 aromatic heterocycles. The van der Waals surface area contributed by atoms with Gasteiger partial charge >= 0.3 is 0 Å². The van der Waals surface area contributed by atoms with E-state index < -0.39 is 15.2 Å². The molecule has 2 heteroatoms. The van der Waals surface area contributed by atoms with Gasteiger partial charge in [-0.3, -0.25) is 0 Å². The summed E-state index contributed by atoms with van der Waals surface area (Å²) in [4.78, 5) is 0. The third kappa shape index (κ3) is 0.632. The number of hydrogen-bond donors (Lipinski definition) is 0. The zero-order chi connectivity index (χ0) is 6.41. The normalized spacial score (nSPS) is 29.5. The van der Waals surface area contributed by atoms with E-state index in [-0.39, 0.29) is 0 Å². The highest BCUT2D eigenvalue weighted by atomic mass is 29.3. The van der Waals surface area contributed by atoms with E-state index in [2.05, 4.69) is 37.6 Å². The van der Waals surface area contributed by atoms with Crippen molar-refractivity contribution in [1.82, 2.24) is 0 Å². The first-order chi connectivity index (χ1) is 3.46. The summed E-state index contributed by atoms with van der Waals surface area (Å²) in [5, 5.41) is 0. The monoisotopic (exact) mass is 142 g/mol. The summed E-state index contributed by atoms with van der Waals surface area (Å²) >= 11 is 0. The van der Waals surface area contributed by atoms with Crippen molar-refractivity contribution in [3.63, 3.8) is 0 Å². The molecule has 0 radical (unpaired) electrons. The van der Waals surface area contributed by atoms with Crippen molar-refractivity contribution in [2.45, 2.75) is 26.2 Å². The van der Waals surface area contributed by atoms with Crippen LogP contribution in [0, 0.1) is 0 Å². The van der Waals surface area contributed by atoms with E-state index >= 15 is 0 Å². The Morgan fingerprint density at radius 1 is 0.750 bits per heavy atom. The van der Waals surface area contributed by atoms with Crippen LogP contribution >= 0.6 is 0 Å². The van der Waals surface area contributed by atoms with E-state index in [1.165, 1.54) is 0 Å². The Kier molecular flexibility index (Phi) is 1.07. The maximum Gasteiger partial charge on any atom is 0.0683 e. The second-order valence-corrected chi connectivity index (χ2v) is 19.1. The van der Waals surface area contributed by atoms with Crippen LogP contribution in [0.2, 0.25) is 26.2 Å². The fourth-order valence-corrected chi connectivity index (χ4v) is 6.75. The Hall–Kier alpha value is 0.174. The third-order valence-electron chi connectivity index (χ3n) is 2.58. The summed E-state index contributed by atoms with van der Waals surface area (Å²) in [5.74, 6) is 0. The maximum absolute atomic E-state index is 2.47. The Morgan fingerprint density at radius 3 is 1.00 bits per heavy atom. The summed E-state index contributed by atoms with van der Waals surface area (Å²) in [7, 11) is -1.44. The molecule has 1 aliphatic rings. The minimum Gasteiger partial charge on any atom is -0.104 e. The van der Waals surface area contributed by atoms with Crippen molar-refractivity contribution in [3.8, 4) is 0 Å². The van der Waals surface area contributed by atoms with E-state index in [0.29, 0.717) is 0 Å². The first-order valence-corrected chi connectivity index (χ1v) is 10.3. The molecule has 0 bridgehead atoms. The molecule has 0 atom stereocenters. The molecule has 0 aromatic carbocycles. The summed E-state index contributed by atoms with van der Waals surface area (Å²) in [6.45, 7) is 9.89. The van der Waals surface area contributed by atoms with E-state index in [4.69, 9.17) is 0 Å². The Balaban J connectivity index is 2.82. The molecule has 46 valence electrons. The van der Waals surface area contributed by atoms with Crippen LogP contribution in [-0.4, -0.2) is 15.2 Å². The molecule has 0 fully saturated rings. The van der Waals surface area contributed by atoms with E-state index in [9.17, 15) is 0 Å². The van der Waals surface area contributed by atoms with Gasteiger partial charge < -0.3 is 0 Å². The van der Waals surface area contributed by atoms with Crippen molar-refractivity contribution < 1.29 is 0 Å². The number of hydrogen-bond acceptors (Lipinski definition) is 0. The Morgan fingerprint density at radius 2 is 1.00 bits per heavy atom. The lowest BCUT2D eigenvalue weighted by Crippen LogP contribution is -2.58. The lowest BCUT2D eigenvalue weighted by Gasteiger charge is -2.41. The molecule has 0 saturated heterocycles. The molecule has 0 nitrogen and oxygen atoms in total. The standard InChI is InChI=1S/C6H14Si2/c1-7(2)5-6-8(7,3)4/h5-6H,1-4H3. The zero-order valence-electron chi connectivity index (χ0n) is 6.15. The van der Waals surface area contributed by atoms with Crippen LogP contribution in [0.15, 0.2) is 11.4 Å². The molecular formula is C6H14Si2. The lowest BCUT2D eigenvalue weighted by atomic mass is 11.2. The number of rotatable bonds is 0. The van der Waals surface area contributed by atoms with Crippen molar-refractivity contribution in [1.29, 1.82) is 0 Å². The van der Waals surface area contributed by atoms with Crippen LogP contribution in [0.1, 0.15) is 0 Å². The van der Waals surface area contributed by atoms with Gasteiger partial charge in [0.25, 0.3) is 0 Å². The topological polar surface area (TPSA) is 0 Å².